The Kier molecular flexibility index (Phi) is 6.89. The smallest absolute Gasteiger partial charge is 0.262 e. The fourth-order valence-electron chi connectivity index (χ4n) is 4.52. The van der Waals surface area contributed by atoms with Crippen LogP contribution >= 0.6 is 11.8 Å². The van der Waals surface area contributed by atoms with Crippen LogP contribution in [0.1, 0.15) is 18.1 Å². The first kappa shape index (κ1) is 25.2. The van der Waals surface area contributed by atoms with Crippen LogP contribution in [0.3, 0.4) is 0 Å². The number of hydrogen-bond donors (Lipinski definition) is 1. The summed E-state index contributed by atoms with van der Waals surface area (Å²) in [6.07, 6.45) is 1.29. The molecule has 37 heavy (non-hydrogen) atoms. The number of anilines is 1. The Morgan fingerprint density at radius 3 is 2.51 bits per heavy atom. The highest BCUT2D eigenvalue weighted by Gasteiger charge is 2.29. The number of aryl methyl sites for hydroxylation is 1. The lowest BCUT2D eigenvalue weighted by atomic mass is 10.1. The molecule has 0 fully saturated rings. The lowest BCUT2D eigenvalue weighted by Crippen LogP contribution is -2.36. The van der Waals surface area contributed by atoms with Crippen molar-refractivity contribution in [2.24, 2.45) is 5.14 Å². The van der Waals surface area contributed by atoms with Gasteiger partial charge in [0, 0.05) is 18.8 Å². The molecular weight excluding hydrogens is 508 g/mol. The molecule has 10 heteroatoms. The molecule has 0 spiro atoms. The van der Waals surface area contributed by atoms with Gasteiger partial charge in [0.1, 0.15) is 0 Å². The SMILES string of the molecule is CC(Sc1nc2ccccc2c(=O)n1CCc1ccc(S(N)(=O)=O)cc1)C(=O)N1CCc2ccccc21. The summed E-state index contributed by atoms with van der Waals surface area (Å²) < 4.78 is 24.7. The third kappa shape index (κ3) is 5.18. The summed E-state index contributed by atoms with van der Waals surface area (Å²) in [5.74, 6) is -0.0255. The van der Waals surface area contributed by atoms with Crippen molar-refractivity contribution in [2.45, 2.75) is 41.6 Å². The Bertz CT molecular complexity index is 1650. The minimum atomic E-state index is -3.78. The van der Waals surface area contributed by atoms with Crippen molar-refractivity contribution in [3.63, 3.8) is 0 Å². The summed E-state index contributed by atoms with van der Waals surface area (Å²) in [6, 6.07) is 21.3. The second kappa shape index (κ2) is 10.1. The molecule has 8 nitrogen and oxygen atoms in total. The lowest BCUT2D eigenvalue weighted by molar-refractivity contribution is -0.117. The minimum Gasteiger partial charge on any atom is -0.311 e. The molecule has 2 N–H and O–H groups in total. The number of benzene rings is 3. The van der Waals surface area contributed by atoms with E-state index in [1.165, 1.54) is 23.9 Å². The number of nitrogens with two attached hydrogens (primary N) is 1. The molecule has 0 aliphatic carbocycles. The molecule has 0 bridgehead atoms. The average Bonchev–Trinajstić information content (AvgIpc) is 3.32. The molecule has 1 atom stereocenters. The fraction of sp³-hybridized carbons (Fsp3) is 0.222. The van der Waals surface area contributed by atoms with Crippen LogP contribution in [-0.4, -0.2) is 35.7 Å². The van der Waals surface area contributed by atoms with E-state index in [0.29, 0.717) is 35.6 Å². The lowest BCUT2D eigenvalue weighted by Gasteiger charge is -2.22. The molecular formula is C27H26N4O4S2. The molecule has 0 saturated carbocycles. The Labute approximate surface area is 219 Å². The van der Waals surface area contributed by atoms with Crippen LogP contribution in [-0.2, 0) is 34.2 Å². The zero-order valence-electron chi connectivity index (χ0n) is 20.2. The van der Waals surface area contributed by atoms with Crippen molar-refractivity contribution in [1.29, 1.82) is 0 Å². The van der Waals surface area contributed by atoms with E-state index >= 15 is 0 Å². The van der Waals surface area contributed by atoms with Crippen LogP contribution in [0.15, 0.2) is 87.6 Å². The van der Waals surface area contributed by atoms with Gasteiger partial charge in [-0.15, -0.1) is 0 Å². The molecule has 1 unspecified atom stereocenters. The molecule has 190 valence electrons. The van der Waals surface area contributed by atoms with Gasteiger partial charge in [-0.2, -0.15) is 0 Å². The van der Waals surface area contributed by atoms with Crippen LogP contribution in [0.4, 0.5) is 5.69 Å². The monoisotopic (exact) mass is 534 g/mol. The van der Waals surface area contributed by atoms with Gasteiger partial charge in [0.25, 0.3) is 5.56 Å². The van der Waals surface area contributed by atoms with Crippen LogP contribution in [0.5, 0.6) is 0 Å². The number of carbonyl (C=O) groups is 1. The maximum absolute atomic E-state index is 13.4. The van der Waals surface area contributed by atoms with Gasteiger partial charge >= 0.3 is 0 Å². The van der Waals surface area contributed by atoms with E-state index < -0.39 is 15.3 Å². The zero-order chi connectivity index (χ0) is 26.2. The second-order valence-electron chi connectivity index (χ2n) is 8.94. The first-order chi connectivity index (χ1) is 17.7. The number of aromatic nitrogens is 2. The largest absolute Gasteiger partial charge is 0.311 e. The number of sulfonamides is 1. The summed E-state index contributed by atoms with van der Waals surface area (Å²) in [6.45, 7) is 2.79. The Morgan fingerprint density at radius 1 is 1.05 bits per heavy atom. The highest BCUT2D eigenvalue weighted by atomic mass is 32.2. The van der Waals surface area contributed by atoms with E-state index in [1.54, 1.807) is 34.9 Å². The molecule has 4 aromatic rings. The number of nitrogens with zero attached hydrogens (tertiary/aromatic N) is 3. The van der Waals surface area contributed by atoms with Gasteiger partial charge in [-0.1, -0.05) is 54.2 Å². The van der Waals surface area contributed by atoms with Crippen LogP contribution in [0.2, 0.25) is 0 Å². The van der Waals surface area contributed by atoms with E-state index in [1.807, 2.05) is 42.2 Å². The van der Waals surface area contributed by atoms with E-state index in [-0.39, 0.29) is 16.4 Å². The zero-order valence-corrected chi connectivity index (χ0v) is 21.8. The molecule has 1 amide bonds. The fourth-order valence-corrected chi connectivity index (χ4v) is 6.03. The minimum absolute atomic E-state index is 0.0255. The summed E-state index contributed by atoms with van der Waals surface area (Å²) >= 11 is 1.27. The van der Waals surface area contributed by atoms with Gasteiger partial charge in [0.2, 0.25) is 15.9 Å². The number of para-hydroxylation sites is 2. The first-order valence-corrected chi connectivity index (χ1v) is 14.3. The number of fused-ring (bicyclic) bond motifs is 2. The van der Waals surface area contributed by atoms with Crippen LogP contribution < -0.4 is 15.6 Å². The molecule has 3 aromatic carbocycles. The molecule has 5 rings (SSSR count). The van der Waals surface area contributed by atoms with Gasteiger partial charge in [-0.25, -0.2) is 18.5 Å². The van der Waals surface area contributed by atoms with E-state index in [2.05, 4.69) is 0 Å². The maximum atomic E-state index is 13.4. The topological polar surface area (TPSA) is 115 Å². The highest BCUT2D eigenvalue weighted by molar-refractivity contribution is 8.00. The number of rotatable bonds is 7. The molecule has 2 heterocycles. The van der Waals surface area contributed by atoms with Crippen molar-refractivity contribution >= 4 is 44.3 Å². The Morgan fingerprint density at radius 2 is 1.76 bits per heavy atom. The second-order valence-corrected chi connectivity index (χ2v) is 11.8. The summed E-state index contributed by atoms with van der Waals surface area (Å²) in [7, 11) is -3.78. The molecule has 1 aromatic heterocycles. The third-order valence-electron chi connectivity index (χ3n) is 6.49. The number of amides is 1. The van der Waals surface area contributed by atoms with E-state index in [4.69, 9.17) is 10.1 Å². The number of hydrogen-bond acceptors (Lipinski definition) is 6. The van der Waals surface area contributed by atoms with Gasteiger partial charge in [-0.05, 0) is 61.2 Å². The molecule has 1 aliphatic rings. The third-order valence-corrected chi connectivity index (χ3v) is 8.49. The van der Waals surface area contributed by atoms with Crippen molar-refractivity contribution in [2.75, 3.05) is 11.4 Å². The average molecular weight is 535 g/mol. The van der Waals surface area contributed by atoms with Gasteiger partial charge in [0.05, 0.1) is 21.0 Å². The number of thioether (sulfide) groups is 1. The standard InChI is InChI=1S/C27H26N4O4S2/c1-18(25(32)30-17-15-20-6-2-5-9-24(20)30)36-27-29-23-8-4-3-7-22(23)26(33)31(27)16-14-19-10-12-21(13-11-19)37(28,34)35/h2-13,18H,14-17H2,1H3,(H2,28,34,35). The number of carbonyl (C=O) groups excluding carboxylic acids is 1. The Balaban J connectivity index is 1.42. The van der Waals surface area contributed by atoms with Crippen LogP contribution in [0, 0.1) is 0 Å². The van der Waals surface area contributed by atoms with Gasteiger partial charge in [0.15, 0.2) is 5.16 Å². The summed E-state index contributed by atoms with van der Waals surface area (Å²) in [4.78, 5) is 33.4. The predicted molar refractivity (Wildman–Crippen MR) is 145 cm³/mol. The predicted octanol–water partition coefficient (Wildman–Crippen LogP) is 3.36. The normalized spacial score (nSPS) is 14.1. The quantitative estimate of drug-likeness (QED) is 0.287. The number of primary sulfonamides is 1. The summed E-state index contributed by atoms with van der Waals surface area (Å²) in [5, 5.41) is 5.71. The van der Waals surface area contributed by atoms with Crippen molar-refractivity contribution in [1.82, 2.24) is 9.55 Å². The molecule has 0 saturated heterocycles. The van der Waals surface area contributed by atoms with Crippen molar-refractivity contribution in [3.8, 4) is 0 Å². The van der Waals surface area contributed by atoms with Crippen molar-refractivity contribution < 1.29 is 13.2 Å². The maximum Gasteiger partial charge on any atom is 0.262 e. The first-order valence-electron chi connectivity index (χ1n) is 11.9. The molecule has 0 radical (unpaired) electrons. The Hall–Kier alpha value is -3.47. The molecule has 1 aliphatic heterocycles. The van der Waals surface area contributed by atoms with Gasteiger partial charge < -0.3 is 4.90 Å². The van der Waals surface area contributed by atoms with Crippen molar-refractivity contribution in [3.05, 3.63) is 94.3 Å². The van der Waals surface area contributed by atoms with E-state index in [9.17, 15) is 18.0 Å². The van der Waals surface area contributed by atoms with E-state index in [0.717, 1.165) is 23.2 Å². The summed E-state index contributed by atoms with van der Waals surface area (Å²) in [5.41, 5.74) is 3.34. The highest BCUT2D eigenvalue weighted by Crippen LogP contribution is 2.31. The van der Waals surface area contributed by atoms with Crippen LogP contribution in [0.25, 0.3) is 10.9 Å². The van der Waals surface area contributed by atoms with Gasteiger partial charge in [-0.3, -0.25) is 14.2 Å².